The topological polar surface area (TPSA) is 76.4 Å². The van der Waals surface area contributed by atoms with E-state index in [2.05, 4.69) is 12.2 Å². The summed E-state index contributed by atoms with van der Waals surface area (Å²) in [5.74, 6) is 0.350. The highest BCUT2D eigenvalue weighted by molar-refractivity contribution is 7.76. The summed E-state index contributed by atoms with van der Waals surface area (Å²) >= 11 is 4.20. The van der Waals surface area contributed by atoms with Crippen molar-refractivity contribution in [3.8, 4) is 6.07 Å². The largest absolute Gasteiger partial charge is 0.383 e. The molecule has 1 unspecified atom stereocenters. The highest BCUT2D eigenvalue weighted by Crippen LogP contribution is 2.29. The summed E-state index contributed by atoms with van der Waals surface area (Å²) < 4.78 is 22.2. The summed E-state index contributed by atoms with van der Waals surface area (Å²) in [6.07, 6.45) is 0.908. The number of nitrogens with zero attached hydrogens (tertiary/aromatic N) is 2. The first-order valence-corrected chi connectivity index (χ1v) is 8.20. The third-order valence-corrected chi connectivity index (χ3v) is 5.38. The SMILES string of the molecule is Cc1c(NC[C@@H]2[C@@H](C)CCN2S(=O)O)ccc(C#N)c1Cl. The fourth-order valence-electron chi connectivity index (χ4n) is 2.65. The van der Waals surface area contributed by atoms with Crippen molar-refractivity contribution in [2.75, 3.05) is 18.4 Å². The molecule has 1 saturated heterocycles. The van der Waals surface area contributed by atoms with E-state index in [0.29, 0.717) is 29.6 Å². The zero-order chi connectivity index (χ0) is 15.6. The zero-order valence-corrected chi connectivity index (χ0v) is 13.5. The van der Waals surface area contributed by atoms with Gasteiger partial charge in [-0.15, -0.1) is 0 Å². The maximum absolute atomic E-state index is 11.3. The number of rotatable bonds is 4. The van der Waals surface area contributed by atoms with E-state index in [0.717, 1.165) is 17.7 Å². The molecule has 0 bridgehead atoms. The lowest BCUT2D eigenvalue weighted by atomic mass is 10.0. The van der Waals surface area contributed by atoms with Crippen molar-refractivity contribution in [2.24, 2.45) is 5.92 Å². The van der Waals surface area contributed by atoms with Crippen molar-refractivity contribution < 1.29 is 8.76 Å². The Morgan fingerprint density at radius 2 is 2.33 bits per heavy atom. The second-order valence-corrected chi connectivity index (χ2v) is 6.61. The van der Waals surface area contributed by atoms with E-state index in [1.54, 1.807) is 10.4 Å². The van der Waals surface area contributed by atoms with Crippen molar-refractivity contribution in [1.29, 1.82) is 5.26 Å². The van der Waals surface area contributed by atoms with Crippen LogP contribution in [0.15, 0.2) is 12.1 Å². The molecule has 3 atom stereocenters. The van der Waals surface area contributed by atoms with E-state index in [1.807, 2.05) is 19.1 Å². The summed E-state index contributed by atoms with van der Waals surface area (Å²) in [6.45, 7) is 5.13. The molecule has 0 radical (unpaired) electrons. The third-order valence-electron chi connectivity index (χ3n) is 4.04. The molecular formula is C14H18ClN3O2S. The van der Waals surface area contributed by atoms with E-state index in [9.17, 15) is 8.76 Å². The molecule has 5 nitrogen and oxygen atoms in total. The Labute approximate surface area is 132 Å². The molecule has 21 heavy (non-hydrogen) atoms. The fraction of sp³-hybridized carbons (Fsp3) is 0.500. The summed E-state index contributed by atoms with van der Waals surface area (Å²) in [5.41, 5.74) is 2.12. The zero-order valence-electron chi connectivity index (χ0n) is 12.0. The van der Waals surface area contributed by atoms with Gasteiger partial charge >= 0.3 is 0 Å². The van der Waals surface area contributed by atoms with Crippen LogP contribution in [-0.2, 0) is 11.3 Å². The number of nitriles is 1. The highest BCUT2D eigenvalue weighted by Gasteiger charge is 2.34. The lowest BCUT2D eigenvalue weighted by molar-refractivity contribution is 0.352. The van der Waals surface area contributed by atoms with Crippen molar-refractivity contribution in [2.45, 2.75) is 26.3 Å². The molecule has 0 aliphatic carbocycles. The number of hydrogen-bond acceptors (Lipinski definition) is 3. The molecule has 2 rings (SSSR count). The van der Waals surface area contributed by atoms with Crippen molar-refractivity contribution >= 4 is 28.6 Å². The number of anilines is 1. The Balaban J connectivity index is 2.11. The van der Waals surface area contributed by atoms with E-state index in [-0.39, 0.29) is 6.04 Å². The fourth-order valence-corrected chi connectivity index (χ4v) is 3.63. The van der Waals surface area contributed by atoms with Gasteiger partial charge in [-0.05, 0) is 37.0 Å². The molecule has 0 amide bonds. The van der Waals surface area contributed by atoms with Gasteiger partial charge in [-0.25, -0.2) is 4.21 Å². The summed E-state index contributed by atoms with van der Waals surface area (Å²) in [4.78, 5) is 0. The number of benzene rings is 1. The standard InChI is InChI=1S/C14H18ClN3O2S/c1-9-5-6-18(21(19)20)13(9)8-17-12-4-3-11(7-16)14(15)10(12)2/h3-4,9,13,17H,5-6,8H2,1-2H3,(H,19,20)/t9-,13+/m0/s1. The van der Waals surface area contributed by atoms with E-state index < -0.39 is 11.3 Å². The summed E-state index contributed by atoms with van der Waals surface area (Å²) in [6, 6.07) is 5.55. The average Bonchev–Trinajstić information content (AvgIpc) is 2.82. The molecule has 1 aromatic carbocycles. The van der Waals surface area contributed by atoms with Crippen LogP contribution in [0.2, 0.25) is 5.02 Å². The lowest BCUT2D eigenvalue weighted by Gasteiger charge is -2.24. The number of hydrogen-bond donors (Lipinski definition) is 2. The van der Waals surface area contributed by atoms with Gasteiger partial charge in [-0.3, -0.25) is 4.55 Å². The van der Waals surface area contributed by atoms with Crippen LogP contribution in [0.25, 0.3) is 0 Å². The van der Waals surface area contributed by atoms with Crippen molar-refractivity contribution in [3.05, 3.63) is 28.3 Å². The Kier molecular flexibility index (Phi) is 5.22. The quantitative estimate of drug-likeness (QED) is 0.834. The van der Waals surface area contributed by atoms with Gasteiger partial charge in [0.2, 0.25) is 11.3 Å². The van der Waals surface area contributed by atoms with Crippen LogP contribution in [0.4, 0.5) is 5.69 Å². The van der Waals surface area contributed by atoms with Gasteiger partial charge in [0.05, 0.1) is 10.6 Å². The molecule has 2 N–H and O–H groups in total. The molecule has 114 valence electrons. The van der Waals surface area contributed by atoms with Gasteiger partial charge < -0.3 is 5.32 Å². The third kappa shape index (κ3) is 3.38. The van der Waals surface area contributed by atoms with Gasteiger partial charge in [0.1, 0.15) is 6.07 Å². The Bertz CT molecular complexity index is 603. The van der Waals surface area contributed by atoms with Crippen LogP contribution < -0.4 is 5.32 Å². The Morgan fingerprint density at radius 3 is 2.95 bits per heavy atom. The summed E-state index contributed by atoms with van der Waals surface area (Å²) in [7, 11) is 0. The smallest absolute Gasteiger partial charge is 0.234 e. The first kappa shape index (κ1) is 16.2. The van der Waals surface area contributed by atoms with Crippen LogP contribution in [0.5, 0.6) is 0 Å². The first-order chi connectivity index (χ1) is 9.95. The molecular weight excluding hydrogens is 310 g/mol. The second-order valence-electron chi connectivity index (χ2n) is 5.30. The minimum Gasteiger partial charge on any atom is -0.383 e. The molecule has 1 heterocycles. The maximum Gasteiger partial charge on any atom is 0.234 e. The van der Waals surface area contributed by atoms with E-state index in [1.165, 1.54) is 0 Å². The van der Waals surface area contributed by atoms with Crippen LogP contribution in [-0.4, -0.2) is 32.2 Å². The van der Waals surface area contributed by atoms with Crippen LogP contribution in [0.1, 0.15) is 24.5 Å². The maximum atomic E-state index is 11.3. The van der Waals surface area contributed by atoms with Crippen LogP contribution >= 0.6 is 11.6 Å². The molecule has 1 aliphatic heterocycles. The minimum absolute atomic E-state index is 0.00431. The molecule has 0 aromatic heterocycles. The van der Waals surface area contributed by atoms with E-state index >= 15 is 0 Å². The average molecular weight is 328 g/mol. The van der Waals surface area contributed by atoms with Gasteiger partial charge in [0.15, 0.2) is 0 Å². The molecule has 1 aromatic rings. The van der Waals surface area contributed by atoms with Gasteiger partial charge in [0, 0.05) is 24.8 Å². The molecule has 1 fully saturated rings. The van der Waals surface area contributed by atoms with Gasteiger partial charge in [-0.2, -0.15) is 9.57 Å². The highest BCUT2D eigenvalue weighted by atomic mass is 35.5. The number of nitrogens with one attached hydrogen (secondary N) is 1. The second kappa shape index (κ2) is 6.75. The lowest BCUT2D eigenvalue weighted by Crippen LogP contribution is -2.38. The van der Waals surface area contributed by atoms with Crippen LogP contribution in [0.3, 0.4) is 0 Å². The monoisotopic (exact) mass is 327 g/mol. The van der Waals surface area contributed by atoms with Crippen molar-refractivity contribution in [1.82, 2.24) is 4.31 Å². The molecule has 7 heteroatoms. The molecule has 0 spiro atoms. The predicted octanol–water partition coefficient (Wildman–Crippen LogP) is 2.78. The van der Waals surface area contributed by atoms with E-state index in [4.69, 9.17) is 16.9 Å². The van der Waals surface area contributed by atoms with Gasteiger partial charge in [-0.1, -0.05) is 18.5 Å². The minimum atomic E-state index is -1.94. The first-order valence-electron chi connectivity index (χ1n) is 6.76. The predicted molar refractivity (Wildman–Crippen MR) is 84.4 cm³/mol. The Hall–Kier alpha value is -1.13. The Morgan fingerprint density at radius 1 is 1.62 bits per heavy atom. The number of halogens is 1. The van der Waals surface area contributed by atoms with Gasteiger partial charge in [0.25, 0.3) is 0 Å². The van der Waals surface area contributed by atoms with Crippen molar-refractivity contribution in [3.63, 3.8) is 0 Å². The molecule has 1 aliphatic rings. The normalized spacial score (nSPS) is 23.8. The summed E-state index contributed by atoms with van der Waals surface area (Å²) in [5, 5.41) is 12.7. The van der Waals surface area contributed by atoms with Crippen LogP contribution in [0, 0.1) is 24.2 Å². The molecule has 0 saturated carbocycles.